The summed E-state index contributed by atoms with van der Waals surface area (Å²) in [6.07, 6.45) is 3.93. The summed E-state index contributed by atoms with van der Waals surface area (Å²) < 4.78 is 0. The second-order valence-corrected chi connectivity index (χ2v) is 4.88. The highest BCUT2D eigenvalue weighted by Gasteiger charge is 2.27. The summed E-state index contributed by atoms with van der Waals surface area (Å²) in [6.45, 7) is 3.77. The van der Waals surface area contributed by atoms with Crippen molar-refractivity contribution in [3.8, 4) is 0 Å². The van der Waals surface area contributed by atoms with Gasteiger partial charge in [-0.2, -0.15) is 0 Å². The SMILES string of the molecule is C=CC[C@](O)(CCc1ccccc1)c1ccccc1. The van der Waals surface area contributed by atoms with E-state index in [1.807, 2.05) is 48.5 Å². The first-order valence-electron chi connectivity index (χ1n) is 6.67. The van der Waals surface area contributed by atoms with Crippen molar-refractivity contribution < 1.29 is 5.11 Å². The van der Waals surface area contributed by atoms with E-state index in [4.69, 9.17) is 0 Å². The van der Waals surface area contributed by atoms with Crippen LogP contribution < -0.4 is 0 Å². The van der Waals surface area contributed by atoms with Gasteiger partial charge in [0.25, 0.3) is 0 Å². The van der Waals surface area contributed by atoms with E-state index in [0.717, 1.165) is 12.0 Å². The van der Waals surface area contributed by atoms with Crippen molar-refractivity contribution in [2.24, 2.45) is 0 Å². The van der Waals surface area contributed by atoms with Crippen LogP contribution in [0.5, 0.6) is 0 Å². The Morgan fingerprint density at radius 3 is 2.11 bits per heavy atom. The van der Waals surface area contributed by atoms with Gasteiger partial charge in [-0.25, -0.2) is 0 Å². The minimum absolute atomic E-state index is 0.573. The first kappa shape index (κ1) is 13.6. The molecule has 0 heterocycles. The fourth-order valence-electron chi connectivity index (χ4n) is 2.35. The molecule has 0 saturated carbocycles. The highest BCUT2D eigenvalue weighted by Crippen LogP contribution is 2.30. The van der Waals surface area contributed by atoms with Crippen LogP contribution in [0.1, 0.15) is 24.0 Å². The summed E-state index contributed by atoms with van der Waals surface area (Å²) >= 11 is 0. The predicted molar refractivity (Wildman–Crippen MR) is 79.9 cm³/mol. The topological polar surface area (TPSA) is 20.2 Å². The molecule has 1 heteroatoms. The first-order valence-corrected chi connectivity index (χ1v) is 6.67. The average molecular weight is 252 g/mol. The van der Waals surface area contributed by atoms with Crippen LogP contribution in [0.15, 0.2) is 73.3 Å². The number of hydrogen-bond donors (Lipinski definition) is 1. The molecular formula is C18H20O. The Morgan fingerprint density at radius 1 is 0.947 bits per heavy atom. The van der Waals surface area contributed by atoms with Crippen molar-refractivity contribution >= 4 is 0 Å². The number of benzene rings is 2. The smallest absolute Gasteiger partial charge is 0.0933 e. The van der Waals surface area contributed by atoms with Crippen LogP contribution in [-0.2, 0) is 12.0 Å². The molecule has 0 bridgehead atoms. The van der Waals surface area contributed by atoms with Gasteiger partial charge in [0, 0.05) is 0 Å². The lowest BCUT2D eigenvalue weighted by atomic mass is 9.85. The van der Waals surface area contributed by atoms with E-state index in [1.165, 1.54) is 5.56 Å². The van der Waals surface area contributed by atoms with Crippen molar-refractivity contribution in [3.05, 3.63) is 84.4 Å². The third kappa shape index (κ3) is 3.55. The lowest BCUT2D eigenvalue weighted by Crippen LogP contribution is -2.25. The van der Waals surface area contributed by atoms with E-state index in [2.05, 4.69) is 18.7 Å². The molecule has 0 unspecified atom stereocenters. The highest BCUT2D eigenvalue weighted by atomic mass is 16.3. The third-order valence-electron chi connectivity index (χ3n) is 3.46. The van der Waals surface area contributed by atoms with Gasteiger partial charge in [-0.15, -0.1) is 6.58 Å². The second-order valence-electron chi connectivity index (χ2n) is 4.88. The van der Waals surface area contributed by atoms with Crippen molar-refractivity contribution in [2.75, 3.05) is 0 Å². The van der Waals surface area contributed by atoms with Crippen LogP contribution in [0.2, 0.25) is 0 Å². The van der Waals surface area contributed by atoms with Gasteiger partial charge in [-0.05, 0) is 30.4 Å². The highest BCUT2D eigenvalue weighted by molar-refractivity contribution is 5.24. The monoisotopic (exact) mass is 252 g/mol. The van der Waals surface area contributed by atoms with Gasteiger partial charge in [0.15, 0.2) is 0 Å². The first-order chi connectivity index (χ1) is 9.24. The predicted octanol–water partition coefficient (Wildman–Crippen LogP) is 4.08. The van der Waals surface area contributed by atoms with Crippen molar-refractivity contribution in [1.29, 1.82) is 0 Å². The molecule has 0 aromatic heterocycles. The Labute approximate surface area is 115 Å². The Balaban J connectivity index is 2.14. The van der Waals surface area contributed by atoms with Crippen LogP contribution in [-0.4, -0.2) is 5.11 Å². The zero-order chi connectivity index (χ0) is 13.6. The summed E-state index contributed by atoms with van der Waals surface area (Å²) in [7, 11) is 0. The largest absolute Gasteiger partial charge is 0.385 e. The fraction of sp³-hybridized carbons (Fsp3) is 0.222. The summed E-state index contributed by atoms with van der Waals surface area (Å²) in [6, 6.07) is 20.1. The molecule has 0 saturated heterocycles. The molecule has 0 spiro atoms. The maximum absolute atomic E-state index is 10.9. The molecule has 0 aliphatic rings. The molecule has 1 nitrogen and oxygen atoms in total. The van der Waals surface area contributed by atoms with E-state index in [1.54, 1.807) is 6.08 Å². The number of aliphatic hydroxyl groups is 1. The minimum atomic E-state index is -0.821. The Morgan fingerprint density at radius 2 is 1.53 bits per heavy atom. The van der Waals surface area contributed by atoms with Gasteiger partial charge in [-0.1, -0.05) is 66.7 Å². The molecule has 2 aromatic rings. The van der Waals surface area contributed by atoms with Crippen LogP contribution in [0.4, 0.5) is 0 Å². The van der Waals surface area contributed by atoms with Gasteiger partial charge < -0.3 is 5.11 Å². The zero-order valence-electron chi connectivity index (χ0n) is 11.1. The molecule has 2 aromatic carbocycles. The fourth-order valence-corrected chi connectivity index (χ4v) is 2.35. The van der Waals surface area contributed by atoms with E-state index >= 15 is 0 Å². The second kappa shape index (κ2) is 6.35. The van der Waals surface area contributed by atoms with Crippen LogP contribution >= 0.6 is 0 Å². The molecular weight excluding hydrogens is 232 g/mol. The average Bonchev–Trinajstić information content (AvgIpc) is 2.48. The molecule has 0 radical (unpaired) electrons. The Hall–Kier alpha value is -1.86. The molecule has 19 heavy (non-hydrogen) atoms. The molecule has 0 aliphatic carbocycles. The van der Waals surface area contributed by atoms with Crippen molar-refractivity contribution in [1.82, 2.24) is 0 Å². The van der Waals surface area contributed by atoms with Crippen LogP contribution in [0.25, 0.3) is 0 Å². The summed E-state index contributed by atoms with van der Waals surface area (Å²) in [5, 5.41) is 10.9. The van der Waals surface area contributed by atoms with Crippen molar-refractivity contribution in [2.45, 2.75) is 24.9 Å². The normalized spacial score (nSPS) is 13.7. The van der Waals surface area contributed by atoms with Gasteiger partial charge >= 0.3 is 0 Å². The minimum Gasteiger partial charge on any atom is -0.385 e. The molecule has 1 atom stereocenters. The van der Waals surface area contributed by atoms with E-state index in [0.29, 0.717) is 12.8 Å². The van der Waals surface area contributed by atoms with E-state index in [-0.39, 0.29) is 0 Å². The molecule has 0 amide bonds. The van der Waals surface area contributed by atoms with Crippen LogP contribution in [0.3, 0.4) is 0 Å². The molecule has 2 rings (SSSR count). The molecule has 0 fully saturated rings. The number of aryl methyl sites for hydroxylation is 1. The maximum atomic E-state index is 10.9. The lowest BCUT2D eigenvalue weighted by molar-refractivity contribution is 0.0308. The van der Waals surface area contributed by atoms with E-state index in [9.17, 15) is 5.11 Å². The molecule has 0 aliphatic heterocycles. The van der Waals surface area contributed by atoms with E-state index < -0.39 is 5.60 Å². The molecule has 1 N–H and O–H groups in total. The Kier molecular flexibility index (Phi) is 4.53. The van der Waals surface area contributed by atoms with Gasteiger partial charge in [0.1, 0.15) is 0 Å². The molecule has 98 valence electrons. The zero-order valence-corrected chi connectivity index (χ0v) is 11.1. The quantitative estimate of drug-likeness (QED) is 0.768. The summed E-state index contributed by atoms with van der Waals surface area (Å²) in [4.78, 5) is 0. The van der Waals surface area contributed by atoms with Crippen LogP contribution in [0, 0.1) is 0 Å². The maximum Gasteiger partial charge on any atom is 0.0933 e. The van der Waals surface area contributed by atoms with Crippen molar-refractivity contribution in [3.63, 3.8) is 0 Å². The standard InChI is InChI=1S/C18H20O/c1-2-14-18(19,17-11-7-4-8-12-17)15-13-16-9-5-3-6-10-16/h2-12,19H,1,13-15H2/t18-/m0/s1. The Bertz CT molecular complexity index is 504. The lowest BCUT2D eigenvalue weighted by Gasteiger charge is -2.27. The van der Waals surface area contributed by atoms with Gasteiger partial charge in [0.05, 0.1) is 5.60 Å². The third-order valence-corrected chi connectivity index (χ3v) is 3.46. The number of rotatable bonds is 6. The van der Waals surface area contributed by atoms with Gasteiger partial charge in [-0.3, -0.25) is 0 Å². The summed E-state index contributed by atoms with van der Waals surface area (Å²) in [5.41, 5.74) is 1.39. The number of hydrogen-bond acceptors (Lipinski definition) is 1. The summed E-state index contributed by atoms with van der Waals surface area (Å²) in [5.74, 6) is 0. The van der Waals surface area contributed by atoms with Gasteiger partial charge in [0.2, 0.25) is 0 Å².